The summed E-state index contributed by atoms with van der Waals surface area (Å²) in [6.45, 7) is 1.63. The summed E-state index contributed by atoms with van der Waals surface area (Å²) in [4.78, 5) is 14.3. The fourth-order valence-electron chi connectivity index (χ4n) is 2.80. The maximum Gasteiger partial charge on any atom is 0.244 e. The molecular weight excluding hydrogens is 262 g/mol. The molecule has 4 nitrogen and oxygen atoms in total. The number of benzene rings is 1. The second-order valence-corrected chi connectivity index (χ2v) is 5.97. The van der Waals surface area contributed by atoms with Crippen LogP contribution in [-0.4, -0.2) is 35.5 Å². The average Bonchev–Trinajstić information content (AvgIpc) is 3.12. The van der Waals surface area contributed by atoms with Gasteiger partial charge in [0.15, 0.2) is 0 Å². The van der Waals surface area contributed by atoms with E-state index in [1.54, 1.807) is 0 Å². The number of nitrogens with two attached hydrogens (primary N) is 1. The molecule has 1 saturated heterocycles. The lowest BCUT2D eigenvalue weighted by Crippen LogP contribution is -2.52. The SMILES string of the molecule is NC(=O)C1(Nc2cccc(Cl)c2)CCN(C2CC2)C1. The first kappa shape index (κ1) is 12.8. The highest BCUT2D eigenvalue weighted by molar-refractivity contribution is 6.30. The van der Waals surface area contributed by atoms with Crippen LogP contribution in [0, 0.1) is 0 Å². The maximum atomic E-state index is 11.9. The van der Waals surface area contributed by atoms with Crippen molar-refractivity contribution in [3.8, 4) is 0 Å². The van der Waals surface area contributed by atoms with Gasteiger partial charge in [0, 0.05) is 29.8 Å². The van der Waals surface area contributed by atoms with Crippen LogP contribution < -0.4 is 11.1 Å². The molecular formula is C14H18ClN3O. The summed E-state index contributed by atoms with van der Waals surface area (Å²) in [5, 5.41) is 3.96. The topological polar surface area (TPSA) is 58.4 Å². The molecule has 1 aliphatic carbocycles. The van der Waals surface area contributed by atoms with Gasteiger partial charge in [-0.25, -0.2) is 0 Å². The van der Waals surface area contributed by atoms with Gasteiger partial charge in [-0.15, -0.1) is 0 Å². The fraction of sp³-hybridized carbons (Fsp3) is 0.500. The van der Waals surface area contributed by atoms with E-state index in [0.717, 1.165) is 18.7 Å². The van der Waals surface area contributed by atoms with Crippen molar-refractivity contribution < 1.29 is 4.79 Å². The van der Waals surface area contributed by atoms with E-state index in [1.165, 1.54) is 12.8 Å². The zero-order valence-electron chi connectivity index (χ0n) is 10.7. The molecule has 1 aliphatic heterocycles. The highest BCUT2D eigenvalue weighted by Gasteiger charge is 2.47. The van der Waals surface area contributed by atoms with Crippen LogP contribution in [0.15, 0.2) is 24.3 Å². The van der Waals surface area contributed by atoms with Gasteiger partial charge in [0.05, 0.1) is 0 Å². The first-order valence-corrected chi connectivity index (χ1v) is 7.05. The Morgan fingerprint density at radius 3 is 2.89 bits per heavy atom. The molecule has 19 heavy (non-hydrogen) atoms. The van der Waals surface area contributed by atoms with Crippen LogP contribution in [0.3, 0.4) is 0 Å². The second kappa shape index (κ2) is 4.69. The molecule has 1 atom stereocenters. The van der Waals surface area contributed by atoms with E-state index < -0.39 is 5.54 Å². The average molecular weight is 280 g/mol. The third-order valence-corrected chi connectivity index (χ3v) is 4.28. The minimum atomic E-state index is -0.659. The molecule has 3 rings (SSSR count). The number of carbonyl (C=O) groups is 1. The molecule has 1 heterocycles. The number of primary amides is 1. The van der Waals surface area contributed by atoms with Crippen molar-refractivity contribution in [2.45, 2.75) is 30.8 Å². The van der Waals surface area contributed by atoms with Crippen LogP contribution in [0.5, 0.6) is 0 Å². The highest BCUT2D eigenvalue weighted by Crippen LogP contribution is 2.35. The van der Waals surface area contributed by atoms with Gasteiger partial charge < -0.3 is 11.1 Å². The van der Waals surface area contributed by atoms with E-state index in [-0.39, 0.29) is 5.91 Å². The zero-order valence-corrected chi connectivity index (χ0v) is 11.5. The Labute approximate surface area is 117 Å². The molecule has 3 N–H and O–H groups in total. The van der Waals surface area contributed by atoms with Gasteiger partial charge in [-0.2, -0.15) is 0 Å². The van der Waals surface area contributed by atoms with E-state index in [4.69, 9.17) is 17.3 Å². The largest absolute Gasteiger partial charge is 0.370 e. The molecule has 102 valence electrons. The molecule has 1 aromatic carbocycles. The number of hydrogen-bond acceptors (Lipinski definition) is 3. The minimum absolute atomic E-state index is 0.282. The van der Waals surface area contributed by atoms with Crippen molar-refractivity contribution in [2.24, 2.45) is 5.73 Å². The summed E-state index contributed by atoms with van der Waals surface area (Å²) in [6, 6.07) is 8.08. The number of nitrogens with one attached hydrogen (secondary N) is 1. The predicted molar refractivity (Wildman–Crippen MR) is 76.2 cm³/mol. The Kier molecular flexibility index (Phi) is 3.15. The Morgan fingerprint density at radius 1 is 1.47 bits per heavy atom. The van der Waals surface area contributed by atoms with Crippen LogP contribution >= 0.6 is 11.6 Å². The number of anilines is 1. The molecule has 1 saturated carbocycles. The van der Waals surface area contributed by atoms with E-state index in [0.29, 0.717) is 17.6 Å². The summed E-state index contributed by atoms with van der Waals surface area (Å²) < 4.78 is 0. The Balaban J connectivity index is 1.79. The molecule has 1 unspecified atom stereocenters. The number of likely N-dealkylation sites (tertiary alicyclic amines) is 1. The van der Waals surface area contributed by atoms with E-state index in [2.05, 4.69) is 10.2 Å². The van der Waals surface area contributed by atoms with Crippen LogP contribution in [0.2, 0.25) is 5.02 Å². The van der Waals surface area contributed by atoms with Gasteiger partial charge in [0.2, 0.25) is 5.91 Å². The number of nitrogens with zero attached hydrogens (tertiary/aromatic N) is 1. The number of hydrogen-bond donors (Lipinski definition) is 2. The molecule has 1 aromatic rings. The van der Waals surface area contributed by atoms with Gasteiger partial charge in [-0.1, -0.05) is 17.7 Å². The third-order valence-electron chi connectivity index (χ3n) is 4.04. The number of carbonyl (C=O) groups excluding carboxylic acids is 1. The van der Waals surface area contributed by atoms with Crippen molar-refractivity contribution in [3.05, 3.63) is 29.3 Å². The summed E-state index contributed by atoms with van der Waals surface area (Å²) in [7, 11) is 0. The van der Waals surface area contributed by atoms with Gasteiger partial charge in [0.25, 0.3) is 0 Å². The van der Waals surface area contributed by atoms with Crippen molar-refractivity contribution in [1.82, 2.24) is 4.90 Å². The summed E-state index contributed by atoms with van der Waals surface area (Å²) in [6.07, 6.45) is 3.24. The molecule has 5 heteroatoms. The Hall–Kier alpha value is -1.26. The smallest absolute Gasteiger partial charge is 0.244 e. The molecule has 0 bridgehead atoms. The van der Waals surface area contributed by atoms with Crippen LogP contribution in [0.25, 0.3) is 0 Å². The first-order chi connectivity index (χ1) is 9.09. The van der Waals surface area contributed by atoms with Gasteiger partial charge in [0.1, 0.15) is 5.54 Å². The van der Waals surface area contributed by atoms with E-state index in [1.807, 2.05) is 24.3 Å². The van der Waals surface area contributed by atoms with Gasteiger partial charge >= 0.3 is 0 Å². The monoisotopic (exact) mass is 279 g/mol. The quantitative estimate of drug-likeness (QED) is 0.884. The van der Waals surface area contributed by atoms with Crippen LogP contribution in [-0.2, 0) is 4.79 Å². The fourth-order valence-corrected chi connectivity index (χ4v) is 2.99. The molecule has 2 aliphatic rings. The van der Waals surface area contributed by atoms with E-state index in [9.17, 15) is 4.79 Å². The first-order valence-electron chi connectivity index (χ1n) is 6.67. The predicted octanol–water partition coefficient (Wildman–Crippen LogP) is 1.84. The minimum Gasteiger partial charge on any atom is -0.370 e. The third kappa shape index (κ3) is 2.55. The number of halogens is 1. The summed E-state index contributed by atoms with van der Waals surface area (Å²) in [5.74, 6) is -0.282. The molecule has 2 fully saturated rings. The van der Waals surface area contributed by atoms with Crippen molar-refractivity contribution >= 4 is 23.2 Å². The normalized spacial score (nSPS) is 27.4. The Bertz CT molecular complexity index is 503. The maximum absolute atomic E-state index is 11.9. The zero-order chi connectivity index (χ0) is 13.5. The summed E-state index contributed by atoms with van der Waals surface area (Å²) in [5.41, 5.74) is 5.83. The van der Waals surface area contributed by atoms with Crippen molar-refractivity contribution in [3.63, 3.8) is 0 Å². The molecule has 1 amide bonds. The Morgan fingerprint density at radius 2 is 2.26 bits per heavy atom. The van der Waals surface area contributed by atoms with Crippen LogP contribution in [0.1, 0.15) is 19.3 Å². The lowest BCUT2D eigenvalue weighted by atomic mass is 9.97. The van der Waals surface area contributed by atoms with Crippen LogP contribution in [0.4, 0.5) is 5.69 Å². The van der Waals surface area contributed by atoms with Gasteiger partial charge in [-0.05, 0) is 37.5 Å². The van der Waals surface area contributed by atoms with Crippen molar-refractivity contribution in [1.29, 1.82) is 0 Å². The number of amides is 1. The van der Waals surface area contributed by atoms with Gasteiger partial charge in [-0.3, -0.25) is 9.69 Å². The van der Waals surface area contributed by atoms with E-state index >= 15 is 0 Å². The van der Waals surface area contributed by atoms with Crippen molar-refractivity contribution in [2.75, 3.05) is 18.4 Å². The molecule has 0 spiro atoms. The molecule has 0 aromatic heterocycles. The standard InChI is InChI=1S/C14H18ClN3O/c15-10-2-1-3-11(8-10)17-14(13(16)19)6-7-18(9-14)12-4-5-12/h1-3,8,12,17H,4-7,9H2,(H2,16,19). The summed E-state index contributed by atoms with van der Waals surface area (Å²) >= 11 is 5.98. The lowest BCUT2D eigenvalue weighted by molar-refractivity contribution is -0.121. The number of rotatable bonds is 4. The molecule has 0 radical (unpaired) electrons. The lowest BCUT2D eigenvalue weighted by Gasteiger charge is -2.28. The highest BCUT2D eigenvalue weighted by atomic mass is 35.5. The second-order valence-electron chi connectivity index (χ2n) is 5.53.